The van der Waals surface area contributed by atoms with E-state index in [-0.39, 0.29) is 0 Å². The maximum Gasteiger partial charge on any atom is 0.0541 e. The lowest BCUT2D eigenvalue weighted by molar-refractivity contribution is 1.18. The molecule has 0 fully saturated rings. The van der Waals surface area contributed by atoms with Crippen molar-refractivity contribution in [3.63, 3.8) is 0 Å². The van der Waals surface area contributed by atoms with Crippen molar-refractivity contribution in [2.24, 2.45) is 0 Å². The Morgan fingerprint density at radius 2 is 0.772 bits per heavy atom. The van der Waals surface area contributed by atoms with Gasteiger partial charge in [-0.15, -0.1) is 11.3 Å². The molecular formula is C54H36N2S. The van der Waals surface area contributed by atoms with Gasteiger partial charge in [0.1, 0.15) is 0 Å². The summed E-state index contributed by atoms with van der Waals surface area (Å²) in [6.45, 7) is 0. The van der Waals surface area contributed by atoms with E-state index in [9.17, 15) is 0 Å². The molecule has 0 radical (unpaired) electrons. The highest BCUT2D eigenvalue weighted by Crippen LogP contribution is 2.42. The third-order valence-electron chi connectivity index (χ3n) is 11.2. The lowest BCUT2D eigenvalue weighted by atomic mass is 10.00. The average molecular weight is 745 g/mol. The Bertz CT molecular complexity index is 3200. The number of aromatic nitrogens is 1. The Morgan fingerprint density at radius 1 is 0.298 bits per heavy atom. The fourth-order valence-electron chi connectivity index (χ4n) is 8.40. The lowest BCUT2D eigenvalue weighted by Gasteiger charge is -2.26. The third-order valence-corrected chi connectivity index (χ3v) is 12.4. The van der Waals surface area contributed by atoms with Gasteiger partial charge in [-0.3, -0.25) is 0 Å². The molecule has 2 heterocycles. The largest absolute Gasteiger partial charge is 0.310 e. The maximum atomic E-state index is 2.38. The Balaban J connectivity index is 0.976. The molecular weight excluding hydrogens is 709 g/mol. The van der Waals surface area contributed by atoms with Gasteiger partial charge in [0.15, 0.2) is 0 Å². The third kappa shape index (κ3) is 5.88. The predicted octanol–water partition coefficient (Wildman–Crippen LogP) is 15.6. The summed E-state index contributed by atoms with van der Waals surface area (Å²) in [6, 6.07) is 79.3. The molecule has 0 aliphatic carbocycles. The Labute approximate surface area is 335 Å². The monoisotopic (exact) mass is 744 g/mol. The zero-order chi connectivity index (χ0) is 37.7. The van der Waals surface area contributed by atoms with Gasteiger partial charge in [-0.05, 0) is 106 Å². The van der Waals surface area contributed by atoms with E-state index in [2.05, 4.69) is 228 Å². The van der Waals surface area contributed by atoms with Crippen LogP contribution in [0.3, 0.4) is 0 Å². The summed E-state index contributed by atoms with van der Waals surface area (Å²) in [6.07, 6.45) is 0. The minimum Gasteiger partial charge on any atom is -0.310 e. The molecule has 0 aliphatic heterocycles. The van der Waals surface area contributed by atoms with Gasteiger partial charge >= 0.3 is 0 Å². The van der Waals surface area contributed by atoms with Crippen LogP contribution < -0.4 is 4.90 Å². The number of benzene rings is 9. The molecule has 3 heteroatoms. The number of nitrogens with zero attached hydrogens (tertiary/aromatic N) is 2. The summed E-state index contributed by atoms with van der Waals surface area (Å²) in [7, 11) is 0. The van der Waals surface area contributed by atoms with Crippen LogP contribution in [-0.2, 0) is 0 Å². The van der Waals surface area contributed by atoms with Crippen LogP contribution in [0, 0.1) is 0 Å². The SMILES string of the molecule is c1ccc(-c2ccc(-c3ccc(N(c4ccc(-c5ccc6c(c5)c5ccccc5n6-c5ccccc5)cc4)c4ccc5c(c4)sc4ccccc45)cc3)cc2)cc1. The van der Waals surface area contributed by atoms with E-state index in [1.807, 2.05) is 11.3 Å². The van der Waals surface area contributed by atoms with Crippen molar-refractivity contribution in [2.75, 3.05) is 4.90 Å². The first-order chi connectivity index (χ1) is 28.2. The van der Waals surface area contributed by atoms with Crippen LogP contribution in [0.1, 0.15) is 0 Å². The van der Waals surface area contributed by atoms with Gasteiger partial charge in [0.25, 0.3) is 0 Å². The van der Waals surface area contributed by atoms with Crippen LogP contribution in [0.5, 0.6) is 0 Å². The van der Waals surface area contributed by atoms with Gasteiger partial charge in [-0.25, -0.2) is 0 Å². The summed E-state index contributed by atoms with van der Waals surface area (Å²) >= 11 is 1.86. The summed E-state index contributed by atoms with van der Waals surface area (Å²) < 4.78 is 4.97. The highest BCUT2D eigenvalue weighted by atomic mass is 32.1. The van der Waals surface area contributed by atoms with Crippen LogP contribution in [0.4, 0.5) is 17.1 Å². The fraction of sp³-hybridized carbons (Fsp3) is 0. The molecule has 11 rings (SSSR count). The fourth-order valence-corrected chi connectivity index (χ4v) is 9.54. The van der Waals surface area contributed by atoms with Crippen LogP contribution >= 0.6 is 11.3 Å². The van der Waals surface area contributed by atoms with E-state index in [4.69, 9.17) is 0 Å². The molecule has 0 amide bonds. The van der Waals surface area contributed by atoms with E-state index in [1.165, 1.54) is 81.0 Å². The van der Waals surface area contributed by atoms with Gasteiger partial charge in [0.2, 0.25) is 0 Å². The smallest absolute Gasteiger partial charge is 0.0541 e. The topological polar surface area (TPSA) is 8.17 Å². The first kappa shape index (κ1) is 33.2. The van der Waals surface area contributed by atoms with E-state index < -0.39 is 0 Å². The van der Waals surface area contributed by atoms with Crippen molar-refractivity contribution in [2.45, 2.75) is 0 Å². The second kappa shape index (κ2) is 13.8. The van der Waals surface area contributed by atoms with Crippen molar-refractivity contribution in [3.05, 3.63) is 218 Å². The second-order valence-electron chi connectivity index (χ2n) is 14.6. The number of hydrogen-bond donors (Lipinski definition) is 0. The number of fused-ring (bicyclic) bond motifs is 6. The van der Waals surface area contributed by atoms with Gasteiger partial charge in [-0.1, -0.05) is 146 Å². The Kier molecular flexibility index (Phi) is 8.04. The van der Waals surface area contributed by atoms with Crippen molar-refractivity contribution in [1.82, 2.24) is 4.57 Å². The molecule has 0 saturated carbocycles. The highest BCUT2D eigenvalue weighted by Gasteiger charge is 2.17. The first-order valence-corrected chi connectivity index (χ1v) is 20.2. The van der Waals surface area contributed by atoms with Crippen molar-refractivity contribution >= 4 is 70.4 Å². The van der Waals surface area contributed by atoms with Gasteiger partial charge in [-0.2, -0.15) is 0 Å². The first-order valence-electron chi connectivity index (χ1n) is 19.4. The van der Waals surface area contributed by atoms with Crippen LogP contribution in [0.2, 0.25) is 0 Å². The van der Waals surface area contributed by atoms with E-state index >= 15 is 0 Å². The number of rotatable bonds is 7. The molecule has 2 aromatic heterocycles. The summed E-state index contributed by atoms with van der Waals surface area (Å²) in [5.41, 5.74) is 14.2. The normalized spacial score (nSPS) is 11.5. The quantitative estimate of drug-likeness (QED) is 0.158. The Morgan fingerprint density at radius 3 is 1.46 bits per heavy atom. The molecule has 0 spiro atoms. The van der Waals surface area contributed by atoms with Gasteiger partial charge < -0.3 is 9.47 Å². The predicted molar refractivity (Wildman–Crippen MR) is 245 cm³/mol. The Hall–Kier alpha value is -7.20. The molecule has 0 N–H and O–H groups in total. The number of thiophene rings is 1. The van der Waals surface area contributed by atoms with Crippen LogP contribution in [0.15, 0.2) is 218 Å². The highest BCUT2D eigenvalue weighted by molar-refractivity contribution is 7.25. The summed E-state index contributed by atoms with van der Waals surface area (Å²) in [5.74, 6) is 0. The molecule has 11 aromatic rings. The van der Waals surface area contributed by atoms with E-state index in [0.717, 1.165) is 17.1 Å². The molecule has 0 atom stereocenters. The zero-order valence-electron chi connectivity index (χ0n) is 31.1. The minimum absolute atomic E-state index is 1.11. The molecule has 0 unspecified atom stereocenters. The van der Waals surface area contributed by atoms with Crippen molar-refractivity contribution in [3.8, 4) is 39.1 Å². The number of anilines is 3. The van der Waals surface area contributed by atoms with Crippen molar-refractivity contribution < 1.29 is 0 Å². The molecule has 0 bridgehead atoms. The molecule has 0 saturated heterocycles. The average Bonchev–Trinajstić information content (AvgIpc) is 3.83. The molecule has 9 aromatic carbocycles. The number of para-hydroxylation sites is 2. The second-order valence-corrected chi connectivity index (χ2v) is 15.7. The van der Waals surface area contributed by atoms with Crippen LogP contribution in [-0.4, -0.2) is 4.57 Å². The summed E-state index contributed by atoms with van der Waals surface area (Å²) in [5, 5.41) is 5.12. The lowest BCUT2D eigenvalue weighted by Crippen LogP contribution is -2.09. The standard InChI is InChI=1S/C54H36N2S/c1-3-11-37(12-4-1)38-19-21-39(22-20-38)40-23-28-44(29-24-40)55(46-32-33-49-48-16-8-10-18-53(48)57-54(49)36-46)45-30-25-41(26-31-45)42-27-34-52-50(35-42)47-15-7-9-17-51(47)56(52)43-13-5-2-6-14-43/h1-36H. The van der Waals surface area contributed by atoms with E-state index in [0.29, 0.717) is 0 Å². The van der Waals surface area contributed by atoms with Crippen molar-refractivity contribution in [1.29, 1.82) is 0 Å². The summed E-state index contributed by atoms with van der Waals surface area (Å²) in [4.78, 5) is 2.38. The van der Waals surface area contributed by atoms with E-state index in [1.54, 1.807) is 0 Å². The van der Waals surface area contributed by atoms with Gasteiger partial charge in [0, 0.05) is 53.7 Å². The molecule has 2 nitrogen and oxygen atoms in total. The molecule has 268 valence electrons. The minimum atomic E-state index is 1.11. The van der Waals surface area contributed by atoms with Gasteiger partial charge in [0.05, 0.1) is 11.0 Å². The van der Waals surface area contributed by atoms with Crippen LogP contribution in [0.25, 0.3) is 81.0 Å². The molecule has 57 heavy (non-hydrogen) atoms. The maximum absolute atomic E-state index is 2.38. The number of hydrogen-bond acceptors (Lipinski definition) is 2. The zero-order valence-corrected chi connectivity index (χ0v) is 31.9. The molecule has 0 aliphatic rings.